The van der Waals surface area contributed by atoms with Crippen molar-refractivity contribution in [2.45, 2.75) is 0 Å². The molecule has 88 valence electrons. The number of ketones is 2. The van der Waals surface area contributed by atoms with Gasteiger partial charge in [-0.25, -0.2) is 4.39 Å². The standard InChI is InChI=1S/C14H7FO3/c1-2-8-6-11-12(16)9-4-3-7(15)5-10(9)13(17)14(11)18-8/h2-6H,1H2. The zero-order valence-corrected chi connectivity index (χ0v) is 9.20. The number of carbonyl (C=O) groups excluding carboxylic acids is 2. The molecule has 0 saturated heterocycles. The highest BCUT2D eigenvalue weighted by Crippen LogP contribution is 2.30. The van der Waals surface area contributed by atoms with Crippen molar-refractivity contribution in [1.29, 1.82) is 0 Å². The van der Waals surface area contributed by atoms with Gasteiger partial charge in [0, 0.05) is 11.1 Å². The smallest absolute Gasteiger partial charge is 0.229 e. The van der Waals surface area contributed by atoms with E-state index in [0.29, 0.717) is 5.76 Å². The number of hydrogen-bond acceptors (Lipinski definition) is 3. The summed E-state index contributed by atoms with van der Waals surface area (Å²) in [7, 11) is 0. The Balaban J connectivity index is 2.29. The highest BCUT2D eigenvalue weighted by Gasteiger charge is 2.33. The van der Waals surface area contributed by atoms with E-state index in [1.54, 1.807) is 0 Å². The van der Waals surface area contributed by atoms with Crippen LogP contribution in [0.3, 0.4) is 0 Å². The molecule has 1 heterocycles. The number of fused-ring (bicyclic) bond motifs is 2. The van der Waals surface area contributed by atoms with Crippen LogP contribution in [-0.4, -0.2) is 11.6 Å². The molecule has 0 radical (unpaired) electrons. The number of rotatable bonds is 1. The Morgan fingerprint density at radius 3 is 2.56 bits per heavy atom. The van der Waals surface area contributed by atoms with E-state index < -0.39 is 11.6 Å². The molecule has 18 heavy (non-hydrogen) atoms. The Hall–Kier alpha value is -2.49. The van der Waals surface area contributed by atoms with Crippen LogP contribution in [0.15, 0.2) is 35.3 Å². The molecule has 1 aromatic carbocycles. The van der Waals surface area contributed by atoms with Gasteiger partial charge in [-0.05, 0) is 30.3 Å². The van der Waals surface area contributed by atoms with Gasteiger partial charge in [0.05, 0.1) is 5.56 Å². The van der Waals surface area contributed by atoms with Crippen LogP contribution in [0.4, 0.5) is 4.39 Å². The van der Waals surface area contributed by atoms with Crippen molar-refractivity contribution >= 4 is 17.6 Å². The number of benzene rings is 1. The van der Waals surface area contributed by atoms with Crippen molar-refractivity contribution in [3.05, 3.63) is 64.9 Å². The van der Waals surface area contributed by atoms with Gasteiger partial charge in [-0.15, -0.1) is 0 Å². The molecule has 0 aliphatic heterocycles. The van der Waals surface area contributed by atoms with Gasteiger partial charge < -0.3 is 4.42 Å². The summed E-state index contributed by atoms with van der Waals surface area (Å²) in [4.78, 5) is 24.2. The molecule has 0 fully saturated rings. The number of hydrogen-bond donors (Lipinski definition) is 0. The van der Waals surface area contributed by atoms with Gasteiger partial charge >= 0.3 is 0 Å². The fraction of sp³-hybridized carbons (Fsp3) is 0. The predicted molar refractivity (Wildman–Crippen MR) is 62.1 cm³/mol. The van der Waals surface area contributed by atoms with Gasteiger partial charge in [-0.1, -0.05) is 6.58 Å². The molecule has 0 bridgehead atoms. The number of halogens is 1. The fourth-order valence-electron chi connectivity index (χ4n) is 2.02. The molecule has 0 atom stereocenters. The van der Waals surface area contributed by atoms with Crippen LogP contribution in [0.25, 0.3) is 6.08 Å². The molecular weight excluding hydrogens is 235 g/mol. The first kappa shape index (κ1) is 10.7. The van der Waals surface area contributed by atoms with Gasteiger partial charge in [0.15, 0.2) is 11.5 Å². The largest absolute Gasteiger partial charge is 0.452 e. The lowest BCUT2D eigenvalue weighted by Gasteiger charge is -2.12. The van der Waals surface area contributed by atoms with Crippen molar-refractivity contribution in [2.24, 2.45) is 0 Å². The minimum absolute atomic E-state index is 0.0393. The zero-order valence-electron chi connectivity index (χ0n) is 9.20. The molecule has 1 aliphatic carbocycles. The highest BCUT2D eigenvalue weighted by molar-refractivity contribution is 6.27. The van der Waals surface area contributed by atoms with Crippen molar-refractivity contribution in [3.63, 3.8) is 0 Å². The third-order valence-electron chi connectivity index (χ3n) is 2.87. The average Bonchev–Trinajstić information content (AvgIpc) is 2.80. The minimum Gasteiger partial charge on any atom is -0.452 e. The molecular formula is C14H7FO3. The summed E-state index contributed by atoms with van der Waals surface area (Å²) in [6.45, 7) is 3.51. The molecule has 0 N–H and O–H groups in total. The Morgan fingerprint density at radius 1 is 1.06 bits per heavy atom. The van der Waals surface area contributed by atoms with Crippen LogP contribution in [0.2, 0.25) is 0 Å². The first-order valence-electron chi connectivity index (χ1n) is 5.27. The summed E-state index contributed by atoms with van der Waals surface area (Å²) in [5.41, 5.74) is 0.441. The van der Waals surface area contributed by atoms with E-state index in [0.717, 1.165) is 12.1 Å². The lowest BCUT2D eigenvalue weighted by Crippen LogP contribution is -2.19. The normalized spacial score (nSPS) is 13.2. The number of carbonyl (C=O) groups is 2. The molecule has 4 heteroatoms. The van der Waals surface area contributed by atoms with Crippen molar-refractivity contribution in [3.8, 4) is 0 Å². The van der Waals surface area contributed by atoms with E-state index in [2.05, 4.69) is 6.58 Å². The van der Waals surface area contributed by atoms with Crippen LogP contribution in [0.1, 0.15) is 37.8 Å². The summed E-state index contributed by atoms with van der Waals surface area (Å²) < 4.78 is 18.4. The molecule has 3 rings (SSSR count). The molecule has 3 nitrogen and oxygen atoms in total. The molecule has 0 amide bonds. The second kappa shape index (κ2) is 3.50. The van der Waals surface area contributed by atoms with Gasteiger partial charge in [0.25, 0.3) is 0 Å². The summed E-state index contributed by atoms with van der Waals surface area (Å²) in [5, 5.41) is 0. The summed E-state index contributed by atoms with van der Waals surface area (Å²) in [6, 6.07) is 4.99. The topological polar surface area (TPSA) is 47.3 Å². The van der Waals surface area contributed by atoms with E-state index >= 15 is 0 Å². The van der Waals surface area contributed by atoms with E-state index in [-0.39, 0.29) is 28.2 Å². The highest BCUT2D eigenvalue weighted by atomic mass is 19.1. The summed E-state index contributed by atoms with van der Waals surface area (Å²) in [5.74, 6) is -1.08. The summed E-state index contributed by atoms with van der Waals surface area (Å²) >= 11 is 0. The monoisotopic (exact) mass is 242 g/mol. The Kier molecular flexibility index (Phi) is 2.07. The Bertz CT molecular complexity index is 710. The molecule has 0 unspecified atom stereocenters. The maximum atomic E-state index is 13.1. The van der Waals surface area contributed by atoms with Crippen LogP contribution in [-0.2, 0) is 0 Å². The molecule has 2 aromatic rings. The third kappa shape index (κ3) is 1.29. The van der Waals surface area contributed by atoms with Crippen molar-refractivity contribution < 1.29 is 18.4 Å². The maximum absolute atomic E-state index is 13.1. The second-order valence-electron chi connectivity index (χ2n) is 3.94. The van der Waals surface area contributed by atoms with E-state index in [4.69, 9.17) is 4.42 Å². The van der Waals surface area contributed by atoms with Gasteiger partial charge in [0.1, 0.15) is 11.6 Å². The Morgan fingerprint density at radius 2 is 1.83 bits per heavy atom. The van der Waals surface area contributed by atoms with Gasteiger partial charge in [-0.3, -0.25) is 9.59 Å². The number of furan rings is 1. The maximum Gasteiger partial charge on any atom is 0.229 e. The first-order chi connectivity index (χ1) is 8.61. The zero-order chi connectivity index (χ0) is 12.9. The van der Waals surface area contributed by atoms with Crippen LogP contribution < -0.4 is 0 Å². The lowest BCUT2D eigenvalue weighted by atomic mass is 9.88. The van der Waals surface area contributed by atoms with Crippen LogP contribution in [0.5, 0.6) is 0 Å². The fourth-order valence-corrected chi connectivity index (χ4v) is 2.02. The average molecular weight is 242 g/mol. The molecule has 1 aromatic heterocycles. The van der Waals surface area contributed by atoms with Crippen molar-refractivity contribution in [1.82, 2.24) is 0 Å². The lowest BCUT2D eigenvalue weighted by molar-refractivity contribution is 0.0960. The van der Waals surface area contributed by atoms with Crippen LogP contribution >= 0.6 is 0 Å². The Labute approximate surface area is 102 Å². The third-order valence-corrected chi connectivity index (χ3v) is 2.87. The molecule has 0 saturated carbocycles. The minimum atomic E-state index is -0.561. The second-order valence-corrected chi connectivity index (χ2v) is 3.94. The van der Waals surface area contributed by atoms with E-state index in [1.807, 2.05) is 0 Å². The van der Waals surface area contributed by atoms with Gasteiger partial charge in [0.2, 0.25) is 5.78 Å². The van der Waals surface area contributed by atoms with E-state index in [1.165, 1.54) is 18.2 Å². The van der Waals surface area contributed by atoms with Gasteiger partial charge in [-0.2, -0.15) is 0 Å². The predicted octanol–water partition coefficient (Wildman–Crippen LogP) is 2.84. The van der Waals surface area contributed by atoms with Crippen LogP contribution in [0, 0.1) is 5.82 Å². The molecule has 1 aliphatic rings. The quantitative estimate of drug-likeness (QED) is 0.659. The SMILES string of the molecule is C=Cc1cc2c(o1)C(=O)c1cc(F)ccc1C2=O. The first-order valence-corrected chi connectivity index (χ1v) is 5.27. The van der Waals surface area contributed by atoms with E-state index in [9.17, 15) is 14.0 Å². The van der Waals surface area contributed by atoms with Crippen molar-refractivity contribution in [2.75, 3.05) is 0 Å². The molecule has 0 spiro atoms. The summed E-state index contributed by atoms with van der Waals surface area (Å²) in [6.07, 6.45) is 1.41.